The standard InChI is InChI=1S/C16H24N2O2/c1-12-8-9-13(10-15(12)17)18-16(19)11-20-14-6-4-2-3-5-7-14/h8-10,14H,2-7,11,17H2,1H3,(H,18,19). The highest BCUT2D eigenvalue weighted by Gasteiger charge is 2.14. The number of carbonyl (C=O) groups is 1. The highest BCUT2D eigenvalue weighted by molar-refractivity contribution is 5.92. The lowest BCUT2D eigenvalue weighted by Gasteiger charge is -2.15. The fourth-order valence-electron chi connectivity index (χ4n) is 2.52. The van der Waals surface area contributed by atoms with Gasteiger partial charge in [0, 0.05) is 11.4 Å². The molecule has 1 fully saturated rings. The molecule has 4 heteroatoms. The Morgan fingerprint density at radius 1 is 1.30 bits per heavy atom. The maximum atomic E-state index is 11.9. The maximum Gasteiger partial charge on any atom is 0.250 e. The van der Waals surface area contributed by atoms with Crippen LogP contribution in [0.5, 0.6) is 0 Å². The summed E-state index contributed by atoms with van der Waals surface area (Å²) in [7, 11) is 0. The number of aryl methyl sites for hydroxylation is 1. The minimum absolute atomic E-state index is 0.113. The molecule has 0 bridgehead atoms. The van der Waals surface area contributed by atoms with Crippen LogP contribution in [0.1, 0.15) is 44.1 Å². The first-order valence-corrected chi connectivity index (χ1v) is 7.43. The summed E-state index contributed by atoms with van der Waals surface area (Å²) in [5.74, 6) is -0.113. The van der Waals surface area contributed by atoms with Gasteiger partial charge in [-0.1, -0.05) is 31.7 Å². The second-order valence-electron chi connectivity index (χ2n) is 5.54. The number of amides is 1. The van der Waals surface area contributed by atoms with E-state index in [4.69, 9.17) is 10.5 Å². The first-order valence-electron chi connectivity index (χ1n) is 7.43. The van der Waals surface area contributed by atoms with Crippen LogP contribution in [0.3, 0.4) is 0 Å². The molecule has 0 saturated heterocycles. The number of carbonyl (C=O) groups excluding carboxylic acids is 1. The summed E-state index contributed by atoms with van der Waals surface area (Å²) in [6.07, 6.45) is 7.38. The third kappa shape index (κ3) is 4.53. The minimum Gasteiger partial charge on any atom is -0.398 e. The molecular weight excluding hydrogens is 252 g/mol. The summed E-state index contributed by atoms with van der Waals surface area (Å²) in [5.41, 5.74) is 8.25. The number of hydrogen-bond donors (Lipinski definition) is 2. The molecular formula is C16H24N2O2. The van der Waals surface area contributed by atoms with Crippen molar-refractivity contribution in [1.82, 2.24) is 0 Å². The molecule has 0 unspecified atom stereocenters. The number of rotatable bonds is 4. The smallest absolute Gasteiger partial charge is 0.250 e. The van der Waals surface area contributed by atoms with Crippen LogP contribution in [0.25, 0.3) is 0 Å². The number of nitrogens with one attached hydrogen (secondary N) is 1. The van der Waals surface area contributed by atoms with E-state index in [1.54, 1.807) is 6.07 Å². The van der Waals surface area contributed by atoms with E-state index in [1.165, 1.54) is 25.7 Å². The first kappa shape index (κ1) is 14.9. The summed E-state index contributed by atoms with van der Waals surface area (Å²) in [4.78, 5) is 11.9. The van der Waals surface area contributed by atoms with Crippen LogP contribution in [0.2, 0.25) is 0 Å². The maximum absolute atomic E-state index is 11.9. The quantitative estimate of drug-likeness (QED) is 0.655. The number of ether oxygens (including phenoxy) is 1. The molecule has 0 atom stereocenters. The SMILES string of the molecule is Cc1ccc(NC(=O)COC2CCCCCC2)cc1N. The largest absolute Gasteiger partial charge is 0.398 e. The predicted molar refractivity (Wildman–Crippen MR) is 81.7 cm³/mol. The summed E-state index contributed by atoms with van der Waals surface area (Å²) >= 11 is 0. The van der Waals surface area contributed by atoms with Gasteiger partial charge in [0.05, 0.1) is 6.10 Å². The van der Waals surface area contributed by atoms with E-state index >= 15 is 0 Å². The van der Waals surface area contributed by atoms with Crippen molar-refractivity contribution < 1.29 is 9.53 Å². The summed E-state index contributed by atoms with van der Waals surface area (Å²) in [5, 5.41) is 2.82. The second-order valence-corrected chi connectivity index (χ2v) is 5.54. The average Bonchev–Trinajstić information content (AvgIpc) is 2.69. The molecule has 1 aliphatic carbocycles. The van der Waals surface area contributed by atoms with Crippen molar-refractivity contribution in [3.8, 4) is 0 Å². The van der Waals surface area contributed by atoms with Gasteiger partial charge >= 0.3 is 0 Å². The molecule has 0 aromatic heterocycles. The zero-order chi connectivity index (χ0) is 14.4. The molecule has 0 aliphatic heterocycles. The minimum atomic E-state index is -0.113. The van der Waals surface area contributed by atoms with Crippen molar-refractivity contribution in [1.29, 1.82) is 0 Å². The Bertz CT molecular complexity index is 452. The van der Waals surface area contributed by atoms with Gasteiger partial charge in [-0.05, 0) is 37.5 Å². The zero-order valence-corrected chi connectivity index (χ0v) is 12.2. The molecule has 0 radical (unpaired) electrons. The molecule has 0 spiro atoms. The molecule has 1 aromatic rings. The Labute approximate surface area is 120 Å². The highest BCUT2D eigenvalue weighted by atomic mass is 16.5. The zero-order valence-electron chi connectivity index (χ0n) is 12.2. The van der Waals surface area contributed by atoms with Gasteiger partial charge in [-0.2, -0.15) is 0 Å². The van der Waals surface area contributed by atoms with Crippen LogP contribution in [-0.4, -0.2) is 18.6 Å². The van der Waals surface area contributed by atoms with Gasteiger partial charge in [0.1, 0.15) is 6.61 Å². The molecule has 1 saturated carbocycles. The van der Waals surface area contributed by atoms with Crippen LogP contribution < -0.4 is 11.1 Å². The molecule has 20 heavy (non-hydrogen) atoms. The summed E-state index contributed by atoms with van der Waals surface area (Å²) < 4.78 is 5.71. The van der Waals surface area contributed by atoms with Crippen molar-refractivity contribution in [2.75, 3.05) is 17.7 Å². The van der Waals surface area contributed by atoms with E-state index in [9.17, 15) is 4.79 Å². The van der Waals surface area contributed by atoms with Gasteiger partial charge in [-0.15, -0.1) is 0 Å². The number of nitrogen functional groups attached to an aromatic ring is 1. The van der Waals surface area contributed by atoms with Gasteiger partial charge in [0.25, 0.3) is 0 Å². The number of anilines is 2. The van der Waals surface area contributed by atoms with Gasteiger partial charge in [0.2, 0.25) is 5.91 Å². The van der Waals surface area contributed by atoms with Crippen molar-refractivity contribution in [2.45, 2.75) is 51.6 Å². The Morgan fingerprint density at radius 3 is 2.65 bits per heavy atom. The van der Waals surface area contributed by atoms with Crippen molar-refractivity contribution in [3.63, 3.8) is 0 Å². The number of benzene rings is 1. The lowest BCUT2D eigenvalue weighted by Crippen LogP contribution is -2.23. The predicted octanol–water partition coefficient (Wildman–Crippen LogP) is 3.26. The Morgan fingerprint density at radius 2 is 2.00 bits per heavy atom. The van der Waals surface area contributed by atoms with Crippen LogP contribution >= 0.6 is 0 Å². The van der Waals surface area contributed by atoms with Crippen LogP contribution in [0.15, 0.2) is 18.2 Å². The monoisotopic (exact) mass is 276 g/mol. The van der Waals surface area contributed by atoms with Crippen molar-refractivity contribution in [3.05, 3.63) is 23.8 Å². The Kier molecular flexibility index (Phi) is 5.41. The Balaban J connectivity index is 1.78. The molecule has 1 aromatic carbocycles. The highest BCUT2D eigenvalue weighted by Crippen LogP contribution is 2.20. The van der Waals surface area contributed by atoms with Gasteiger partial charge in [-0.25, -0.2) is 0 Å². The van der Waals surface area contributed by atoms with Gasteiger partial charge in [-0.3, -0.25) is 4.79 Å². The fourth-order valence-corrected chi connectivity index (χ4v) is 2.52. The lowest BCUT2D eigenvalue weighted by atomic mass is 10.1. The molecule has 1 aliphatic rings. The van der Waals surface area contributed by atoms with E-state index in [0.29, 0.717) is 5.69 Å². The fraction of sp³-hybridized carbons (Fsp3) is 0.562. The van der Waals surface area contributed by atoms with Crippen LogP contribution in [0.4, 0.5) is 11.4 Å². The molecule has 3 N–H and O–H groups in total. The molecule has 0 heterocycles. The normalized spacial score (nSPS) is 16.6. The summed E-state index contributed by atoms with van der Waals surface area (Å²) in [6, 6.07) is 5.53. The number of nitrogens with two attached hydrogens (primary N) is 1. The topological polar surface area (TPSA) is 64.3 Å². The molecule has 1 amide bonds. The van der Waals surface area contributed by atoms with E-state index in [1.807, 2.05) is 19.1 Å². The second kappa shape index (κ2) is 7.29. The van der Waals surface area contributed by atoms with E-state index in [-0.39, 0.29) is 18.6 Å². The number of hydrogen-bond acceptors (Lipinski definition) is 3. The molecule has 4 nitrogen and oxygen atoms in total. The van der Waals surface area contributed by atoms with Crippen molar-refractivity contribution in [2.24, 2.45) is 0 Å². The Hall–Kier alpha value is -1.55. The van der Waals surface area contributed by atoms with E-state index in [0.717, 1.165) is 24.1 Å². The van der Waals surface area contributed by atoms with Crippen molar-refractivity contribution >= 4 is 17.3 Å². The van der Waals surface area contributed by atoms with Crippen LogP contribution in [0, 0.1) is 6.92 Å². The van der Waals surface area contributed by atoms with Gasteiger partial charge < -0.3 is 15.8 Å². The van der Waals surface area contributed by atoms with E-state index < -0.39 is 0 Å². The third-order valence-corrected chi connectivity index (χ3v) is 3.82. The first-order chi connectivity index (χ1) is 9.65. The average molecular weight is 276 g/mol. The summed E-state index contributed by atoms with van der Waals surface area (Å²) in [6.45, 7) is 2.06. The van der Waals surface area contributed by atoms with E-state index in [2.05, 4.69) is 5.32 Å². The van der Waals surface area contributed by atoms with Crippen LogP contribution in [-0.2, 0) is 9.53 Å². The third-order valence-electron chi connectivity index (χ3n) is 3.82. The lowest BCUT2D eigenvalue weighted by molar-refractivity contribution is -0.122. The molecule has 2 rings (SSSR count). The molecule has 110 valence electrons. The van der Waals surface area contributed by atoms with Gasteiger partial charge in [0.15, 0.2) is 0 Å².